The molecule has 1 aromatic rings. The smallest absolute Gasteiger partial charge is 0.202 e. The van der Waals surface area contributed by atoms with Gasteiger partial charge in [-0.25, -0.2) is 4.98 Å². The summed E-state index contributed by atoms with van der Waals surface area (Å²) in [6.07, 6.45) is 7.64. The van der Waals surface area contributed by atoms with Crippen LogP contribution in [0.4, 0.5) is 5.95 Å². The lowest BCUT2D eigenvalue weighted by Gasteiger charge is -2.20. The van der Waals surface area contributed by atoms with E-state index < -0.39 is 0 Å². The van der Waals surface area contributed by atoms with Crippen molar-refractivity contribution in [1.29, 1.82) is 0 Å². The molecule has 0 aromatic carbocycles. The van der Waals surface area contributed by atoms with Gasteiger partial charge in [0.2, 0.25) is 5.95 Å². The number of hydrogen-bond donors (Lipinski definition) is 1. The molecule has 1 aliphatic heterocycles. The third-order valence-corrected chi connectivity index (χ3v) is 3.84. The van der Waals surface area contributed by atoms with E-state index in [1.54, 1.807) is 7.11 Å². The van der Waals surface area contributed by atoms with Crippen LogP contribution in [0.2, 0.25) is 0 Å². The molecule has 2 rings (SSSR count). The monoisotopic (exact) mass is 280 g/mol. The Morgan fingerprint density at radius 3 is 2.95 bits per heavy atom. The number of imidazole rings is 1. The lowest BCUT2D eigenvalue weighted by molar-refractivity contribution is 0.190. The fourth-order valence-corrected chi connectivity index (χ4v) is 2.77. The summed E-state index contributed by atoms with van der Waals surface area (Å²) >= 11 is 0. The Morgan fingerprint density at radius 2 is 2.20 bits per heavy atom. The number of rotatable bonds is 9. The zero-order chi connectivity index (χ0) is 14.2. The number of hydrogen-bond acceptors (Lipinski definition) is 4. The predicted molar refractivity (Wildman–Crippen MR) is 82.0 cm³/mol. The van der Waals surface area contributed by atoms with Crippen LogP contribution >= 0.6 is 0 Å². The molecule has 1 saturated heterocycles. The molecule has 2 heterocycles. The van der Waals surface area contributed by atoms with Crippen molar-refractivity contribution in [1.82, 2.24) is 14.5 Å². The standard InChI is InChI=1S/C15H28N4O/c1-14(13-18-7-3-4-8-18)12-17-15-16-6-10-19(15)9-5-11-20-2/h6,10,14H,3-5,7-9,11-13H2,1-2H3,(H,16,17). The first kappa shape index (κ1) is 15.3. The zero-order valence-electron chi connectivity index (χ0n) is 12.8. The van der Waals surface area contributed by atoms with Gasteiger partial charge in [-0.2, -0.15) is 0 Å². The molecule has 1 atom stereocenters. The average molecular weight is 280 g/mol. The molecule has 0 bridgehead atoms. The summed E-state index contributed by atoms with van der Waals surface area (Å²) in [6, 6.07) is 0. The number of anilines is 1. The third-order valence-electron chi connectivity index (χ3n) is 3.84. The largest absolute Gasteiger partial charge is 0.385 e. The van der Waals surface area contributed by atoms with Crippen LogP contribution in [-0.2, 0) is 11.3 Å². The maximum Gasteiger partial charge on any atom is 0.202 e. The SMILES string of the molecule is COCCCn1ccnc1NCC(C)CN1CCCC1. The van der Waals surface area contributed by atoms with Crippen molar-refractivity contribution in [3.8, 4) is 0 Å². The lowest BCUT2D eigenvalue weighted by atomic mass is 10.1. The summed E-state index contributed by atoms with van der Waals surface area (Å²) in [5.74, 6) is 1.63. The maximum atomic E-state index is 5.09. The molecule has 1 fully saturated rings. The number of likely N-dealkylation sites (tertiary alicyclic amines) is 1. The molecular weight excluding hydrogens is 252 g/mol. The number of aromatic nitrogens is 2. The topological polar surface area (TPSA) is 42.3 Å². The fraction of sp³-hybridized carbons (Fsp3) is 0.800. The van der Waals surface area contributed by atoms with E-state index in [0.717, 1.165) is 32.1 Å². The molecule has 114 valence electrons. The van der Waals surface area contributed by atoms with E-state index in [2.05, 4.69) is 26.7 Å². The number of aryl methyl sites for hydroxylation is 1. The normalized spacial score (nSPS) is 17.5. The van der Waals surface area contributed by atoms with Crippen LogP contribution in [0.15, 0.2) is 12.4 Å². The van der Waals surface area contributed by atoms with Crippen molar-refractivity contribution in [2.45, 2.75) is 32.7 Å². The van der Waals surface area contributed by atoms with E-state index >= 15 is 0 Å². The van der Waals surface area contributed by atoms with E-state index in [-0.39, 0.29) is 0 Å². The summed E-state index contributed by atoms with van der Waals surface area (Å²) in [4.78, 5) is 6.96. The molecule has 5 heteroatoms. The number of ether oxygens (including phenoxy) is 1. The van der Waals surface area contributed by atoms with E-state index in [1.165, 1.54) is 32.5 Å². The minimum absolute atomic E-state index is 0.650. The van der Waals surface area contributed by atoms with Crippen molar-refractivity contribution in [3.63, 3.8) is 0 Å². The summed E-state index contributed by atoms with van der Waals surface area (Å²) in [5, 5.41) is 3.48. The van der Waals surface area contributed by atoms with Gasteiger partial charge in [-0.1, -0.05) is 6.92 Å². The zero-order valence-corrected chi connectivity index (χ0v) is 12.8. The van der Waals surface area contributed by atoms with Gasteiger partial charge in [0.1, 0.15) is 0 Å². The van der Waals surface area contributed by atoms with Gasteiger partial charge in [0.25, 0.3) is 0 Å². The van der Waals surface area contributed by atoms with E-state index in [4.69, 9.17) is 4.74 Å². The van der Waals surface area contributed by atoms with Gasteiger partial charge in [-0.05, 0) is 38.3 Å². The van der Waals surface area contributed by atoms with Crippen molar-refractivity contribution in [3.05, 3.63) is 12.4 Å². The van der Waals surface area contributed by atoms with Crippen LogP contribution in [0.1, 0.15) is 26.2 Å². The van der Waals surface area contributed by atoms with Crippen molar-refractivity contribution in [2.24, 2.45) is 5.92 Å². The molecule has 0 spiro atoms. The molecule has 5 nitrogen and oxygen atoms in total. The Morgan fingerprint density at radius 1 is 1.40 bits per heavy atom. The first-order chi connectivity index (χ1) is 9.79. The van der Waals surface area contributed by atoms with Crippen LogP contribution in [0, 0.1) is 5.92 Å². The van der Waals surface area contributed by atoms with Gasteiger partial charge in [-0.3, -0.25) is 0 Å². The Bertz CT molecular complexity index is 374. The number of nitrogens with zero attached hydrogens (tertiary/aromatic N) is 3. The van der Waals surface area contributed by atoms with Crippen molar-refractivity contribution >= 4 is 5.95 Å². The first-order valence-corrected chi connectivity index (χ1v) is 7.76. The highest BCUT2D eigenvalue weighted by Gasteiger charge is 2.14. The quantitative estimate of drug-likeness (QED) is 0.703. The van der Waals surface area contributed by atoms with Crippen molar-refractivity contribution in [2.75, 3.05) is 45.2 Å². The van der Waals surface area contributed by atoms with Gasteiger partial charge in [0.05, 0.1) is 0 Å². The van der Waals surface area contributed by atoms with Gasteiger partial charge < -0.3 is 19.5 Å². The molecule has 0 saturated carbocycles. The fourth-order valence-electron chi connectivity index (χ4n) is 2.77. The second-order valence-electron chi connectivity index (χ2n) is 5.78. The third kappa shape index (κ3) is 4.80. The summed E-state index contributed by atoms with van der Waals surface area (Å²) in [7, 11) is 1.74. The highest BCUT2D eigenvalue weighted by Crippen LogP contribution is 2.11. The molecule has 0 amide bonds. The van der Waals surface area contributed by atoms with E-state index in [9.17, 15) is 0 Å². The van der Waals surface area contributed by atoms with Crippen LogP contribution in [-0.4, -0.2) is 54.3 Å². The predicted octanol–water partition coefficient (Wildman–Crippen LogP) is 2.06. The van der Waals surface area contributed by atoms with Crippen LogP contribution in [0.25, 0.3) is 0 Å². The Hall–Kier alpha value is -1.07. The molecule has 1 aromatic heterocycles. The van der Waals surface area contributed by atoms with Crippen LogP contribution in [0.3, 0.4) is 0 Å². The van der Waals surface area contributed by atoms with E-state index in [1.807, 2.05) is 12.4 Å². The number of nitrogens with one attached hydrogen (secondary N) is 1. The summed E-state index contributed by atoms with van der Waals surface area (Å²) in [5.41, 5.74) is 0. The molecule has 20 heavy (non-hydrogen) atoms. The Balaban J connectivity index is 1.71. The van der Waals surface area contributed by atoms with Gasteiger partial charge in [-0.15, -0.1) is 0 Å². The van der Waals surface area contributed by atoms with E-state index in [0.29, 0.717) is 5.92 Å². The second kappa shape index (κ2) is 8.27. The Kier molecular flexibility index (Phi) is 6.33. The lowest BCUT2D eigenvalue weighted by Crippen LogP contribution is -2.29. The molecular formula is C15H28N4O. The first-order valence-electron chi connectivity index (χ1n) is 7.76. The number of methoxy groups -OCH3 is 1. The maximum absolute atomic E-state index is 5.09. The summed E-state index contributed by atoms with van der Waals surface area (Å²) in [6.45, 7) is 8.78. The van der Waals surface area contributed by atoms with Crippen LogP contribution < -0.4 is 5.32 Å². The average Bonchev–Trinajstić information content (AvgIpc) is 3.08. The Labute approximate surface area is 122 Å². The molecule has 1 unspecified atom stereocenters. The minimum Gasteiger partial charge on any atom is -0.385 e. The second-order valence-corrected chi connectivity index (χ2v) is 5.78. The highest BCUT2D eigenvalue weighted by atomic mass is 16.5. The molecule has 0 radical (unpaired) electrons. The van der Waals surface area contributed by atoms with Crippen molar-refractivity contribution < 1.29 is 4.74 Å². The molecule has 1 aliphatic rings. The van der Waals surface area contributed by atoms with Crippen LogP contribution in [0.5, 0.6) is 0 Å². The summed E-state index contributed by atoms with van der Waals surface area (Å²) < 4.78 is 7.26. The molecule has 0 aliphatic carbocycles. The van der Waals surface area contributed by atoms with Gasteiger partial charge in [0.15, 0.2) is 0 Å². The minimum atomic E-state index is 0.650. The van der Waals surface area contributed by atoms with Gasteiger partial charge >= 0.3 is 0 Å². The van der Waals surface area contributed by atoms with Gasteiger partial charge in [0, 0.05) is 45.7 Å². The highest BCUT2D eigenvalue weighted by molar-refractivity contribution is 5.25. The molecule has 1 N–H and O–H groups in total.